The molecule has 1 N–H and O–H groups in total. The number of hydrogen-bond acceptors (Lipinski definition) is 6. The first kappa shape index (κ1) is 15.3. The molecule has 0 bridgehead atoms. The van der Waals surface area contributed by atoms with Crippen molar-refractivity contribution in [2.24, 2.45) is 0 Å². The van der Waals surface area contributed by atoms with Crippen molar-refractivity contribution in [3.8, 4) is 0 Å². The number of carbonyl (C=O) groups excluding carboxylic acids is 1. The normalized spacial score (nSPS) is 21.8. The van der Waals surface area contributed by atoms with Gasteiger partial charge in [-0.25, -0.2) is 0 Å². The molecule has 1 aromatic rings. The van der Waals surface area contributed by atoms with E-state index in [1.165, 1.54) is 0 Å². The molecule has 2 heterocycles. The van der Waals surface area contributed by atoms with Gasteiger partial charge in [0.2, 0.25) is 11.8 Å². The van der Waals surface area contributed by atoms with Gasteiger partial charge in [0.05, 0.1) is 12.5 Å². The number of nitrogens with zero attached hydrogens (tertiary/aromatic N) is 3. The van der Waals surface area contributed by atoms with Crippen molar-refractivity contribution in [1.29, 1.82) is 0 Å². The van der Waals surface area contributed by atoms with E-state index in [0.29, 0.717) is 30.5 Å². The van der Waals surface area contributed by atoms with Crippen molar-refractivity contribution >= 4 is 23.6 Å². The molecule has 1 amide bonds. The Hall–Kier alpha value is -1.57. The summed E-state index contributed by atoms with van der Waals surface area (Å²) in [6.45, 7) is 0.610. The molecule has 120 valence electrons. The van der Waals surface area contributed by atoms with Gasteiger partial charge < -0.3 is 14.5 Å². The van der Waals surface area contributed by atoms with Crippen LogP contribution in [0.1, 0.15) is 43.3 Å². The van der Waals surface area contributed by atoms with Gasteiger partial charge >= 0.3 is 5.97 Å². The Balaban J connectivity index is 1.53. The highest BCUT2D eigenvalue weighted by atomic mass is 32.2. The van der Waals surface area contributed by atoms with E-state index in [1.807, 2.05) is 0 Å². The average Bonchev–Trinajstić information content (AvgIpc) is 3.24. The molecule has 1 aromatic heterocycles. The number of amides is 1. The first-order chi connectivity index (χ1) is 10.6. The van der Waals surface area contributed by atoms with Crippen LogP contribution in [-0.2, 0) is 16.0 Å². The summed E-state index contributed by atoms with van der Waals surface area (Å²) in [7, 11) is 0. The molecule has 1 aliphatic heterocycles. The fourth-order valence-electron chi connectivity index (χ4n) is 2.59. The lowest BCUT2D eigenvalue weighted by molar-refractivity contribution is -0.140. The van der Waals surface area contributed by atoms with Crippen LogP contribution in [0, 0.1) is 0 Å². The van der Waals surface area contributed by atoms with Crippen LogP contribution in [0.5, 0.6) is 0 Å². The number of thioether (sulfide) groups is 1. The van der Waals surface area contributed by atoms with E-state index in [1.54, 1.807) is 16.7 Å². The number of aliphatic carboxylic acids is 1. The number of aryl methyl sites for hydroxylation is 1. The largest absolute Gasteiger partial charge is 0.481 e. The lowest BCUT2D eigenvalue weighted by Gasteiger charge is -2.34. The highest BCUT2D eigenvalue weighted by Gasteiger charge is 2.30. The summed E-state index contributed by atoms with van der Waals surface area (Å²) in [4.78, 5) is 29.3. The Labute approximate surface area is 132 Å². The van der Waals surface area contributed by atoms with Crippen LogP contribution < -0.4 is 0 Å². The molecular weight excluding hydrogens is 306 g/mol. The first-order valence-corrected chi connectivity index (χ1v) is 8.70. The van der Waals surface area contributed by atoms with Crippen LogP contribution in [0.2, 0.25) is 0 Å². The zero-order valence-corrected chi connectivity index (χ0v) is 13.0. The van der Waals surface area contributed by atoms with E-state index >= 15 is 0 Å². The minimum atomic E-state index is -0.865. The van der Waals surface area contributed by atoms with Gasteiger partial charge in [-0.3, -0.25) is 9.59 Å². The molecule has 0 spiro atoms. The summed E-state index contributed by atoms with van der Waals surface area (Å²) in [5, 5.41) is 12.9. The predicted molar refractivity (Wildman–Crippen MR) is 79.7 cm³/mol. The Kier molecular flexibility index (Phi) is 4.66. The Bertz CT molecular complexity index is 558. The standard InChI is InChI=1S/C14H19N3O4S/c18-12(17-5-6-22-8-10(17)7-13(19)20)4-3-11-15-14(16-21-11)9-1-2-9/h9-10H,1-8H2,(H,19,20)/t10-/m1/s1. The van der Waals surface area contributed by atoms with E-state index < -0.39 is 5.97 Å². The van der Waals surface area contributed by atoms with Crippen molar-refractivity contribution in [3.05, 3.63) is 11.7 Å². The van der Waals surface area contributed by atoms with Crippen molar-refractivity contribution in [3.63, 3.8) is 0 Å². The van der Waals surface area contributed by atoms with E-state index in [4.69, 9.17) is 9.63 Å². The zero-order chi connectivity index (χ0) is 15.5. The maximum Gasteiger partial charge on any atom is 0.305 e. The van der Waals surface area contributed by atoms with Crippen LogP contribution in [-0.4, -0.2) is 56.1 Å². The molecule has 0 unspecified atom stereocenters. The minimum absolute atomic E-state index is 0.00509. The molecule has 1 aliphatic carbocycles. The molecule has 22 heavy (non-hydrogen) atoms. The number of carboxylic acids is 1. The summed E-state index contributed by atoms with van der Waals surface area (Å²) in [5.74, 6) is 2.33. The smallest absolute Gasteiger partial charge is 0.305 e. The lowest BCUT2D eigenvalue weighted by atomic mass is 10.1. The third-order valence-electron chi connectivity index (χ3n) is 3.94. The minimum Gasteiger partial charge on any atom is -0.481 e. The summed E-state index contributed by atoms with van der Waals surface area (Å²) < 4.78 is 5.17. The Morgan fingerprint density at radius 3 is 2.95 bits per heavy atom. The second-order valence-electron chi connectivity index (χ2n) is 5.73. The monoisotopic (exact) mass is 325 g/mol. The van der Waals surface area contributed by atoms with Crippen LogP contribution in [0.3, 0.4) is 0 Å². The van der Waals surface area contributed by atoms with Gasteiger partial charge in [-0.15, -0.1) is 0 Å². The summed E-state index contributed by atoms with van der Waals surface area (Å²) >= 11 is 1.70. The van der Waals surface area contributed by atoms with Gasteiger partial charge in [-0.05, 0) is 12.8 Å². The van der Waals surface area contributed by atoms with Crippen LogP contribution in [0.25, 0.3) is 0 Å². The number of carboxylic acid groups (broad SMARTS) is 1. The molecule has 0 radical (unpaired) electrons. The topological polar surface area (TPSA) is 96.5 Å². The van der Waals surface area contributed by atoms with Gasteiger partial charge in [0.25, 0.3) is 0 Å². The van der Waals surface area contributed by atoms with E-state index in [9.17, 15) is 9.59 Å². The van der Waals surface area contributed by atoms with Crippen molar-refractivity contribution < 1.29 is 19.2 Å². The molecular formula is C14H19N3O4S. The summed E-state index contributed by atoms with van der Waals surface area (Å²) in [6.07, 6.45) is 2.93. The quantitative estimate of drug-likeness (QED) is 0.842. The lowest BCUT2D eigenvalue weighted by Crippen LogP contribution is -2.47. The number of hydrogen-bond donors (Lipinski definition) is 1. The molecule has 2 fully saturated rings. The summed E-state index contributed by atoms with van der Waals surface area (Å²) in [6, 6.07) is -0.214. The fourth-order valence-corrected chi connectivity index (χ4v) is 3.65. The van der Waals surface area contributed by atoms with Crippen LogP contribution in [0.4, 0.5) is 0 Å². The Morgan fingerprint density at radius 2 is 2.23 bits per heavy atom. The predicted octanol–water partition coefficient (Wildman–Crippen LogP) is 1.30. The number of aromatic nitrogens is 2. The highest BCUT2D eigenvalue weighted by Crippen LogP contribution is 2.38. The average molecular weight is 325 g/mol. The van der Waals surface area contributed by atoms with E-state index in [0.717, 1.165) is 24.4 Å². The van der Waals surface area contributed by atoms with Crippen LogP contribution >= 0.6 is 11.8 Å². The molecule has 3 rings (SSSR count). The third kappa shape index (κ3) is 3.79. The molecule has 1 saturated heterocycles. The fraction of sp³-hybridized carbons (Fsp3) is 0.714. The highest BCUT2D eigenvalue weighted by molar-refractivity contribution is 7.99. The molecule has 8 heteroatoms. The SMILES string of the molecule is O=C(O)C[C@@H]1CSCCN1C(=O)CCc1nc(C2CC2)no1. The molecule has 7 nitrogen and oxygen atoms in total. The van der Waals surface area contributed by atoms with Crippen molar-refractivity contribution in [2.45, 2.75) is 44.1 Å². The van der Waals surface area contributed by atoms with Crippen LogP contribution in [0.15, 0.2) is 4.52 Å². The maximum atomic E-state index is 12.4. The molecule has 0 aromatic carbocycles. The van der Waals surface area contributed by atoms with Gasteiger partial charge in [-0.1, -0.05) is 5.16 Å². The van der Waals surface area contributed by atoms with Gasteiger partial charge in [-0.2, -0.15) is 16.7 Å². The summed E-state index contributed by atoms with van der Waals surface area (Å²) in [5.41, 5.74) is 0. The molecule has 2 aliphatic rings. The number of rotatable bonds is 6. The second-order valence-corrected chi connectivity index (χ2v) is 6.88. The number of carbonyl (C=O) groups is 2. The van der Waals surface area contributed by atoms with Gasteiger partial charge in [0.1, 0.15) is 0 Å². The Morgan fingerprint density at radius 1 is 1.41 bits per heavy atom. The van der Waals surface area contributed by atoms with Gasteiger partial charge in [0, 0.05) is 36.8 Å². The maximum absolute atomic E-state index is 12.4. The van der Waals surface area contributed by atoms with E-state index in [-0.39, 0.29) is 24.8 Å². The van der Waals surface area contributed by atoms with Gasteiger partial charge in [0.15, 0.2) is 5.82 Å². The third-order valence-corrected chi connectivity index (χ3v) is 5.03. The van der Waals surface area contributed by atoms with Crippen molar-refractivity contribution in [1.82, 2.24) is 15.0 Å². The zero-order valence-electron chi connectivity index (χ0n) is 12.2. The second kappa shape index (κ2) is 6.68. The molecule has 1 saturated carbocycles. The van der Waals surface area contributed by atoms with E-state index in [2.05, 4.69) is 10.1 Å². The van der Waals surface area contributed by atoms with Crippen molar-refractivity contribution in [2.75, 3.05) is 18.1 Å². The molecule has 1 atom stereocenters. The first-order valence-electron chi connectivity index (χ1n) is 7.55.